The lowest BCUT2D eigenvalue weighted by molar-refractivity contribution is 0.477. The number of aryl methyl sites for hydroxylation is 1. The van der Waals surface area contributed by atoms with Crippen LogP contribution in [0.4, 0.5) is 0 Å². The number of imidazole rings is 1. The SMILES string of the molecule is CCCCCCCCCCC(=S)Cc1nc2ccc(S(=O)(=O)O)cc2n1CCS(=O)(=O)O. The second-order valence-corrected chi connectivity index (χ2v) is 11.6. The summed E-state index contributed by atoms with van der Waals surface area (Å²) in [5.41, 5.74) is 0.811. The van der Waals surface area contributed by atoms with E-state index in [9.17, 15) is 21.4 Å². The summed E-state index contributed by atoms with van der Waals surface area (Å²) in [7, 11) is -8.66. The van der Waals surface area contributed by atoms with Gasteiger partial charge in [0.25, 0.3) is 20.2 Å². The lowest BCUT2D eigenvalue weighted by Gasteiger charge is -2.10. The van der Waals surface area contributed by atoms with Gasteiger partial charge < -0.3 is 4.57 Å². The standard InChI is InChI=1S/C21H32N2O6S3/c1-2-3-4-5-6-7-8-9-10-17(30)15-21-22-19-12-11-18(32(27,28)29)16-20(19)23(21)13-14-31(24,25)26/h11-12,16H,2-10,13-15H2,1H3,(H,24,25,26)(H,27,28,29). The number of rotatable bonds is 15. The molecule has 1 aromatic carbocycles. The minimum atomic E-state index is -4.43. The van der Waals surface area contributed by atoms with Gasteiger partial charge in [-0.3, -0.25) is 9.11 Å². The highest BCUT2D eigenvalue weighted by molar-refractivity contribution is 7.86. The van der Waals surface area contributed by atoms with E-state index in [1.807, 2.05) is 0 Å². The Kier molecular flexibility index (Phi) is 10.2. The quantitative estimate of drug-likeness (QED) is 0.204. The van der Waals surface area contributed by atoms with Crippen molar-refractivity contribution in [3.63, 3.8) is 0 Å². The smallest absolute Gasteiger partial charge is 0.294 e. The zero-order valence-electron chi connectivity index (χ0n) is 18.4. The summed E-state index contributed by atoms with van der Waals surface area (Å²) >= 11 is 5.52. The average molecular weight is 505 g/mol. The van der Waals surface area contributed by atoms with Gasteiger partial charge in [0.05, 0.1) is 21.7 Å². The summed E-state index contributed by atoms with van der Waals surface area (Å²) in [4.78, 5) is 4.96. The third-order valence-electron chi connectivity index (χ3n) is 5.33. The van der Waals surface area contributed by atoms with Gasteiger partial charge in [0.15, 0.2) is 0 Å². The van der Waals surface area contributed by atoms with Crippen LogP contribution >= 0.6 is 12.2 Å². The van der Waals surface area contributed by atoms with Gasteiger partial charge in [0.2, 0.25) is 0 Å². The molecule has 0 saturated heterocycles. The van der Waals surface area contributed by atoms with Crippen LogP contribution in [0.15, 0.2) is 23.1 Å². The van der Waals surface area contributed by atoms with E-state index < -0.39 is 26.0 Å². The van der Waals surface area contributed by atoms with Crippen molar-refractivity contribution in [1.82, 2.24) is 9.55 Å². The Morgan fingerprint density at radius 1 is 1.00 bits per heavy atom. The van der Waals surface area contributed by atoms with Crippen molar-refractivity contribution in [3.8, 4) is 0 Å². The minimum absolute atomic E-state index is 0.111. The van der Waals surface area contributed by atoms with Crippen LogP contribution in [0.3, 0.4) is 0 Å². The molecular weight excluding hydrogens is 472 g/mol. The number of hydrogen-bond donors (Lipinski definition) is 2. The number of aromatic nitrogens is 2. The highest BCUT2D eigenvalue weighted by Gasteiger charge is 2.18. The molecule has 32 heavy (non-hydrogen) atoms. The van der Waals surface area contributed by atoms with Crippen molar-refractivity contribution in [2.45, 2.75) is 82.6 Å². The van der Waals surface area contributed by atoms with Crippen LogP contribution < -0.4 is 0 Å². The van der Waals surface area contributed by atoms with Gasteiger partial charge in [-0.1, -0.05) is 64.1 Å². The fraction of sp³-hybridized carbons (Fsp3) is 0.619. The average Bonchev–Trinajstić information content (AvgIpc) is 3.03. The van der Waals surface area contributed by atoms with Crippen LogP contribution in [0.1, 0.15) is 70.5 Å². The molecule has 0 spiro atoms. The molecule has 0 unspecified atom stereocenters. The number of unbranched alkanes of at least 4 members (excludes halogenated alkanes) is 7. The fourth-order valence-electron chi connectivity index (χ4n) is 3.62. The topological polar surface area (TPSA) is 127 Å². The van der Waals surface area contributed by atoms with E-state index in [0.29, 0.717) is 23.3 Å². The molecule has 0 amide bonds. The molecule has 0 saturated carbocycles. The first-order valence-corrected chi connectivity index (χ1v) is 14.4. The Bertz CT molecular complexity index is 1120. The summed E-state index contributed by atoms with van der Waals surface area (Å²) < 4.78 is 65.6. The first kappa shape index (κ1) is 26.8. The zero-order chi connectivity index (χ0) is 23.8. The number of hydrogen-bond acceptors (Lipinski definition) is 6. The van der Waals surface area contributed by atoms with E-state index >= 15 is 0 Å². The van der Waals surface area contributed by atoms with Gasteiger partial charge >= 0.3 is 0 Å². The molecule has 2 N–H and O–H groups in total. The molecule has 180 valence electrons. The van der Waals surface area contributed by atoms with E-state index in [4.69, 9.17) is 16.8 Å². The van der Waals surface area contributed by atoms with E-state index in [1.165, 1.54) is 61.3 Å². The lowest BCUT2D eigenvalue weighted by atomic mass is 10.1. The Labute approximate surface area is 195 Å². The van der Waals surface area contributed by atoms with E-state index in [0.717, 1.165) is 24.1 Å². The number of thiocarbonyl (C=S) groups is 1. The maximum absolute atomic E-state index is 11.5. The molecule has 1 aromatic heterocycles. The molecule has 0 radical (unpaired) electrons. The largest absolute Gasteiger partial charge is 0.327 e. The van der Waals surface area contributed by atoms with Crippen LogP contribution in [0, 0.1) is 0 Å². The van der Waals surface area contributed by atoms with Gasteiger partial charge in [0, 0.05) is 17.8 Å². The number of benzene rings is 1. The Morgan fingerprint density at radius 2 is 1.62 bits per heavy atom. The summed E-state index contributed by atoms with van der Waals surface area (Å²) in [6, 6.07) is 3.93. The second-order valence-electron chi connectivity index (χ2n) is 8.03. The summed E-state index contributed by atoms with van der Waals surface area (Å²) in [5.74, 6) is -0.0486. The third-order valence-corrected chi connectivity index (χ3v) is 7.23. The normalized spacial score (nSPS) is 12.5. The van der Waals surface area contributed by atoms with Gasteiger partial charge in [-0.05, 0) is 31.0 Å². The van der Waals surface area contributed by atoms with E-state index in [-0.39, 0.29) is 11.4 Å². The number of nitrogens with zero attached hydrogens (tertiary/aromatic N) is 2. The molecule has 1 heterocycles. The Hall–Kier alpha value is -1.40. The second kappa shape index (κ2) is 12.2. The van der Waals surface area contributed by atoms with Crippen molar-refractivity contribution in [1.29, 1.82) is 0 Å². The number of fused-ring (bicyclic) bond motifs is 1. The van der Waals surface area contributed by atoms with Crippen LogP contribution in [0.5, 0.6) is 0 Å². The first-order valence-electron chi connectivity index (χ1n) is 10.9. The summed E-state index contributed by atoms with van der Waals surface area (Å²) in [6.07, 6.45) is 10.7. The molecule has 0 bridgehead atoms. The van der Waals surface area contributed by atoms with Crippen molar-refractivity contribution >= 4 is 48.4 Å². The van der Waals surface area contributed by atoms with Crippen LogP contribution in [-0.2, 0) is 33.2 Å². The third kappa shape index (κ3) is 8.86. The molecule has 0 aliphatic rings. The molecule has 0 aliphatic carbocycles. The van der Waals surface area contributed by atoms with Gasteiger partial charge in [-0.25, -0.2) is 4.98 Å². The highest BCUT2D eigenvalue weighted by Crippen LogP contribution is 2.22. The lowest BCUT2D eigenvalue weighted by Crippen LogP contribution is -2.15. The predicted octanol–water partition coefficient (Wildman–Crippen LogP) is 4.61. The van der Waals surface area contributed by atoms with Gasteiger partial charge in [-0.2, -0.15) is 16.8 Å². The summed E-state index contributed by atoms with van der Waals surface area (Å²) in [6.45, 7) is 2.09. The molecule has 0 aliphatic heterocycles. The van der Waals surface area contributed by atoms with E-state index in [1.54, 1.807) is 0 Å². The van der Waals surface area contributed by atoms with Crippen molar-refractivity contribution < 1.29 is 25.9 Å². The molecule has 2 rings (SSSR count). The molecular formula is C21H32N2O6S3. The maximum atomic E-state index is 11.5. The zero-order valence-corrected chi connectivity index (χ0v) is 20.8. The van der Waals surface area contributed by atoms with Gasteiger partial charge in [-0.15, -0.1) is 0 Å². The molecule has 8 nitrogen and oxygen atoms in total. The molecule has 11 heteroatoms. The van der Waals surface area contributed by atoms with Crippen molar-refractivity contribution in [3.05, 3.63) is 24.0 Å². The first-order chi connectivity index (χ1) is 15.0. The molecule has 0 atom stereocenters. The summed E-state index contributed by atoms with van der Waals surface area (Å²) in [5, 5.41) is 0. The maximum Gasteiger partial charge on any atom is 0.294 e. The van der Waals surface area contributed by atoms with Crippen molar-refractivity contribution in [2.24, 2.45) is 0 Å². The monoisotopic (exact) mass is 504 g/mol. The molecule has 0 fully saturated rings. The Morgan fingerprint density at radius 3 is 2.22 bits per heavy atom. The minimum Gasteiger partial charge on any atom is -0.327 e. The molecule has 2 aromatic rings. The highest BCUT2D eigenvalue weighted by atomic mass is 32.2. The van der Waals surface area contributed by atoms with Crippen LogP contribution in [0.2, 0.25) is 0 Å². The Balaban J connectivity index is 2.08. The van der Waals surface area contributed by atoms with Gasteiger partial charge in [0.1, 0.15) is 5.82 Å². The van der Waals surface area contributed by atoms with Crippen molar-refractivity contribution in [2.75, 3.05) is 5.75 Å². The van der Waals surface area contributed by atoms with Crippen LogP contribution in [-0.4, -0.2) is 46.1 Å². The van der Waals surface area contributed by atoms with E-state index in [2.05, 4.69) is 11.9 Å². The fourth-order valence-corrected chi connectivity index (χ4v) is 4.81. The van der Waals surface area contributed by atoms with Crippen LogP contribution in [0.25, 0.3) is 11.0 Å². The predicted molar refractivity (Wildman–Crippen MR) is 129 cm³/mol.